The van der Waals surface area contributed by atoms with E-state index in [2.05, 4.69) is 43.4 Å². The number of pyridine rings is 1. The van der Waals surface area contributed by atoms with Gasteiger partial charge >= 0.3 is 0 Å². The molecule has 0 aliphatic rings. The Hall–Kier alpha value is -1.14. The van der Waals surface area contributed by atoms with E-state index in [9.17, 15) is 0 Å². The molecule has 2 rings (SSSR count). The lowest BCUT2D eigenvalue weighted by Crippen LogP contribution is -2.19. The third-order valence-corrected chi connectivity index (χ3v) is 3.72. The van der Waals surface area contributed by atoms with Gasteiger partial charge in [-0.2, -0.15) is 0 Å². The standard InChI is InChI=1S/C14H16BrClN4/c1-20(8-10-2-4-11(15)5-3-10)9-13-12(16)6-7-14(18-13)19-17/h2-7H,8-9,17H2,1H3,(H,18,19). The molecule has 1 heterocycles. The summed E-state index contributed by atoms with van der Waals surface area (Å²) < 4.78 is 1.08. The molecule has 0 fully saturated rings. The van der Waals surface area contributed by atoms with Gasteiger partial charge in [0.25, 0.3) is 0 Å². The number of nitrogens with two attached hydrogens (primary N) is 1. The first kappa shape index (κ1) is 15.3. The molecule has 0 amide bonds. The van der Waals surface area contributed by atoms with E-state index in [1.165, 1.54) is 5.56 Å². The Bertz CT molecular complexity index is 574. The summed E-state index contributed by atoms with van der Waals surface area (Å²) in [6.45, 7) is 1.48. The average molecular weight is 356 g/mol. The lowest BCUT2D eigenvalue weighted by molar-refractivity contribution is 0.315. The van der Waals surface area contributed by atoms with Crippen molar-refractivity contribution >= 4 is 33.3 Å². The molecule has 106 valence electrons. The van der Waals surface area contributed by atoms with Crippen molar-refractivity contribution < 1.29 is 0 Å². The van der Waals surface area contributed by atoms with Gasteiger partial charge in [0.05, 0.1) is 10.7 Å². The Morgan fingerprint density at radius 3 is 2.55 bits per heavy atom. The summed E-state index contributed by atoms with van der Waals surface area (Å²) in [5.41, 5.74) is 4.57. The summed E-state index contributed by atoms with van der Waals surface area (Å²) in [6.07, 6.45) is 0. The zero-order valence-electron chi connectivity index (χ0n) is 11.1. The van der Waals surface area contributed by atoms with Gasteiger partial charge < -0.3 is 5.43 Å². The quantitative estimate of drug-likeness (QED) is 0.637. The third kappa shape index (κ3) is 4.18. The number of hydrogen-bond acceptors (Lipinski definition) is 4. The van der Waals surface area contributed by atoms with Crippen LogP contribution in [0.25, 0.3) is 0 Å². The minimum absolute atomic E-state index is 0.612. The van der Waals surface area contributed by atoms with Crippen molar-refractivity contribution in [2.75, 3.05) is 12.5 Å². The number of anilines is 1. The van der Waals surface area contributed by atoms with Crippen LogP contribution in [0.3, 0.4) is 0 Å². The molecule has 0 unspecified atom stereocenters. The first-order valence-corrected chi connectivity index (χ1v) is 7.30. The summed E-state index contributed by atoms with van der Waals surface area (Å²) in [5.74, 6) is 5.98. The first-order chi connectivity index (χ1) is 9.58. The second-order valence-electron chi connectivity index (χ2n) is 4.57. The summed E-state index contributed by atoms with van der Waals surface area (Å²) in [4.78, 5) is 6.52. The Kier molecular flexibility index (Phi) is 5.37. The maximum absolute atomic E-state index is 6.16. The zero-order valence-corrected chi connectivity index (χ0v) is 13.4. The molecule has 4 nitrogen and oxygen atoms in total. The van der Waals surface area contributed by atoms with Crippen molar-refractivity contribution in [1.82, 2.24) is 9.88 Å². The minimum Gasteiger partial charge on any atom is -0.308 e. The van der Waals surface area contributed by atoms with Gasteiger partial charge in [-0.3, -0.25) is 4.90 Å². The van der Waals surface area contributed by atoms with Crippen molar-refractivity contribution in [2.24, 2.45) is 5.84 Å². The highest BCUT2D eigenvalue weighted by atomic mass is 79.9. The number of halogens is 2. The molecule has 0 aliphatic heterocycles. The predicted octanol–water partition coefficient (Wildman–Crippen LogP) is 3.42. The number of hydrogen-bond donors (Lipinski definition) is 2. The lowest BCUT2D eigenvalue weighted by atomic mass is 10.2. The summed E-state index contributed by atoms with van der Waals surface area (Å²) in [7, 11) is 2.03. The highest BCUT2D eigenvalue weighted by Gasteiger charge is 2.08. The molecule has 0 spiro atoms. The normalized spacial score (nSPS) is 10.8. The molecule has 0 saturated heterocycles. The number of nitrogens with zero attached hydrogens (tertiary/aromatic N) is 2. The zero-order chi connectivity index (χ0) is 14.5. The molecule has 1 aromatic carbocycles. The topological polar surface area (TPSA) is 54.2 Å². The van der Waals surface area contributed by atoms with Gasteiger partial charge in [0.1, 0.15) is 5.82 Å². The molecule has 6 heteroatoms. The number of nitrogens with one attached hydrogen (secondary N) is 1. The van der Waals surface area contributed by atoms with E-state index in [0.29, 0.717) is 17.4 Å². The second kappa shape index (κ2) is 7.04. The first-order valence-electron chi connectivity index (χ1n) is 6.13. The van der Waals surface area contributed by atoms with Crippen LogP contribution in [0.5, 0.6) is 0 Å². The fourth-order valence-corrected chi connectivity index (χ4v) is 2.32. The molecule has 1 aromatic heterocycles. The van der Waals surface area contributed by atoms with Crippen molar-refractivity contribution in [3.8, 4) is 0 Å². The SMILES string of the molecule is CN(Cc1ccc(Br)cc1)Cc1nc(NN)ccc1Cl. The van der Waals surface area contributed by atoms with Crippen LogP contribution in [0.15, 0.2) is 40.9 Å². The summed E-state index contributed by atoms with van der Waals surface area (Å²) in [5, 5.41) is 0.645. The van der Waals surface area contributed by atoms with Crippen LogP contribution in [0, 0.1) is 0 Å². The van der Waals surface area contributed by atoms with E-state index < -0.39 is 0 Å². The Labute approximate surface area is 132 Å². The van der Waals surface area contributed by atoms with Gasteiger partial charge in [-0.1, -0.05) is 39.7 Å². The number of hydrazine groups is 1. The van der Waals surface area contributed by atoms with Crippen molar-refractivity contribution in [1.29, 1.82) is 0 Å². The number of nitrogen functional groups attached to an aromatic ring is 1. The maximum atomic E-state index is 6.16. The van der Waals surface area contributed by atoms with Crippen LogP contribution in [0.1, 0.15) is 11.3 Å². The monoisotopic (exact) mass is 354 g/mol. The maximum Gasteiger partial charge on any atom is 0.140 e. The lowest BCUT2D eigenvalue weighted by Gasteiger charge is -2.17. The van der Waals surface area contributed by atoms with Crippen molar-refractivity contribution in [2.45, 2.75) is 13.1 Å². The molecule has 0 aliphatic carbocycles. The predicted molar refractivity (Wildman–Crippen MR) is 86.4 cm³/mol. The molecule has 2 aromatic rings. The fourth-order valence-electron chi connectivity index (χ4n) is 1.89. The molecule has 0 saturated carbocycles. The number of rotatable bonds is 5. The van der Waals surface area contributed by atoms with E-state index in [-0.39, 0.29) is 0 Å². The van der Waals surface area contributed by atoms with Crippen LogP contribution in [0.4, 0.5) is 5.82 Å². The van der Waals surface area contributed by atoms with Crippen LogP contribution in [0.2, 0.25) is 5.02 Å². The Balaban J connectivity index is 2.04. The third-order valence-electron chi connectivity index (χ3n) is 2.85. The van der Waals surface area contributed by atoms with E-state index in [0.717, 1.165) is 16.7 Å². The van der Waals surface area contributed by atoms with E-state index in [4.69, 9.17) is 17.4 Å². The van der Waals surface area contributed by atoms with Gasteiger partial charge in [0.15, 0.2) is 0 Å². The molecule has 20 heavy (non-hydrogen) atoms. The van der Waals surface area contributed by atoms with E-state index in [1.807, 2.05) is 19.2 Å². The summed E-state index contributed by atoms with van der Waals surface area (Å²) in [6, 6.07) is 11.8. The highest BCUT2D eigenvalue weighted by molar-refractivity contribution is 9.10. The van der Waals surface area contributed by atoms with Gasteiger partial charge in [-0.15, -0.1) is 0 Å². The Morgan fingerprint density at radius 2 is 1.90 bits per heavy atom. The Morgan fingerprint density at radius 1 is 1.20 bits per heavy atom. The second-order valence-corrected chi connectivity index (χ2v) is 5.89. The van der Waals surface area contributed by atoms with Gasteiger partial charge in [-0.05, 0) is 36.9 Å². The molecule has 0 atom stereocenters. The van der Waals surface area contributed by atoms with Crippen LogP contribution >= 0.6 is 27.5 Å². The van der Waals surface area contributed by atoms with Crippen LogP contribution in [-0.4, -0.2) is 16.9 Å². The van der Waals surface area contributed by atoms with Crippen molar-refractivity contribution in [3.05, 3.63) is 57.2 Å². The fraction of sp³-hybridized carbons (Fsp3) is 0.214. The molecular formula is C14H16BrClN4. The number of aromatic nitrogens is 1. The van der Waals surface area contributed by atoms with Crippen LogP contribution in [-0.2, 0) is 13.1 Å². The average Bonchev–Trinajstić information content (AvgIpc) is 2.44. The highest BCUT2D eigenvalue weighted by Crippen LogP contribution is 2.19. The molecule has 3 N–H and O–H groups in total. The van der Waals surface area contributed by atoms with Gasteiger partial charge in [0, 0.05) is 17.6 Å². The number of benzene rings is 1. The molecular weight excluding hydrogens is 340 g/mol. The summed E-state index contributed by atoms with van der Waals surface area (Å²) >= 11 is 9.59. The minimum atomic E-state index is 0.612. The molecule has 0 radical (unpaired) electrons. The van der Waals surface area contributed by atoms with Crippen LogP contribution < -0.4 is 11.3 Å². The largest absolute Gasteiger partial charge is 0.308 e. The van der Waals surface area contributed by atoms with Gasteiger partial charge in [-0.25, -0.2) is 10.8 Å². The van der Waals surface area contributed by atoms with Crippen molar-refractivity contribution in [3.63, 3.8) is 0 Å². The van der Waals surface area contributed by atoms with E-state index in [1.54, 1.807) is 12.1 Å². The molecule has 0 bridgehead atoms. The van der Waals surface area contributed by atoms with Gasteiger partial charge in [0.2, 0.25) is 0 Å². The smallest absolute Gasteiger partial charge is 0.140 e. The van der Waals surface area contributed by atoms with E-state index >= 15 is 0 Å².